The third kappa shape index (κ3) is 7.55. The molecule has 0 radical (unpaired) electrons. The molecule has 1 N–H and O–H groups in total. The molecular formula is C35H45FN6O2. The van der Waals surface area contributed by atoms with Gasteiger partial charge >= 0.3 is 0 Å². The highest BCUT2D eigenvalue weighted by molar-refractivity contribution is 5.94. The number of hydrogen-bond donors (Lipinski definition) is 1. The zero-order chi connectivity index (χ0) is 31.1. The summed E-state index contributed by atoms with van der Waals surface area (Å²) >= 11 is 0. The summed E-state index contributed by atoms with van der Waals surface area (Å²) in [4.78, 5) is 33.4. The Hall–Kier alpha value is -4.01. The van der Waals surface area contributed by atoms with Gasteiger partial charge in [0.25, 0.3) is 11.5 Å². The van der Waals surface area contributed by atoms with Crippen molar-refractivity contribution in [2.45, 2.75) is 91.1 Å². The zero-order valence-corrected chi connectivity index (χ0v) is 26.3. The number of carbonyl (C=O) groups is 1. The van der Waals surface area contributed by atoms with Gasteiger partial charge in [-0.15, -0.1) is 5.10 Å². The number of imidazole rings is 1. The molecule has 7 rings (SSSR count). The SMILES string of the molecule is CC.Cc1cnc2ccc(N3CC[C@H](NC(=O)c4cc5c(n(CC6CC6)c4=O)CCCCCC5)C3)nn12.Fc1ccccc1. The number of aromatic nitrogens is 4. The van der Waals surface area contributed by atoms with Gasteiger partial charge in [-0.2, -0.15) is 0 Å². The highest BCUT2D eigenvalue weighted by Gasteiger charge is 2.29. The smallest absolute Gasteiger partial charge is 0.263 e. The lowest BCUT2D eigenvalue weighted by Gasteiger charge is -2.22. The van der Waals surface area contributed by atoms with Crippen molar-refractivity contribution in [3.05, 3.63) is 93.4 Å². The number of nitrogens with one attached hydrogen (secondary N) is 1. The summed E-state index contributed by atoms with van der Waals surface area (Å²) in [5, 5.41) is 7.90. The Morgan fingerprint density at radius 3 is 2.45 bits per heavy atom. The van der Waals surface area contributed by atoms with E-state index in [-0.39, 0.29) is 23.3 Å². The van der Waals surface area contributed by atoms with Crippen molar-refractivity contribution in [1.82, 2.24) is 24.5 Å². The van der Waals surface area contributed by atoms with Gasteiger partial charge in [0.1, 0.15) is 17.2 Å². The van der Waals surface area contributed by atoms with E-state index in [1.54, 1.807) is 18.2 Å². The van der Waals surface area contributed by atoms with Crippen LogP contribution >= 0.6 is 0 Å². The van der Waals surface area contributed by atoms with Gasteiger partial charge in [0.2, 0.25) is 0 Å². The second-order valence-corrected chi connectivity index (χ2v) is 11.9. The summed E-state index contributed by atoms with van der Waals surface area (Å²) < 4.78 is 15.7. The van der Waals surface area contributed by atoms with Gasteiger partial charge in [-0.3, -0.25) is 9.59 Å². The quantitative estimate of drug-likeness (QED) is 0.298. The van der Waals surface area contributed by atoms with Crippen LogP contribution in [-0.4, -0.2) is 44.2 Å². The van der Waals surface area contributed by atoms with Gasteiger partial charge in [0, 0.05) is 31.4 Å². The number of pyridine rings is 1. The third-order valence-corrected chi connectivity index (χ3v) is 8.58. The van der Waals surface area contributed by atoms with Crippen molar-refractivity contribution in [1.29, 1.82) is 0 Å². The molecule has 0 unspecified atom stereocenters. The minimum Gasteiger partial charge on any atom is -0.353 e. The van der Waals surface area contributed by atoms with E-state index in [2.05, 4.69) is 15.2 Å². The largest absolute Gasteiger partial charge is 0.353 e. The molecule has 44 heavy (non-hydrogen) atoms. The molecule has 0 spiro atoms. The molecule has 2 aliphatic carbocycles. The van der Waals surface area contributed by atoms with Crippen LogP contribution in [0.3, 0.4) is 0 Å². The first kappa shape index (κ1) is 31.4. The van der Waals surface area contributed by atoms with E-state index in [1.165, 1.54) is 49.1 Å². The van der Waals surface area contributed by atoms with Crippen LogP contribution in [0.25, 0.3) is 5.65 Å². The Morgan fingerprint density at radius 1 is 1.00 bits per heavy atom. The van der Waals surface area contributed by atoms with E-state index in [4.69, 9.17) is 5.10 Å². The number of carbonyl (C=O) groups excluding carboxylic acids is 1. The van der Waals surface area contributed by atoms with Gasteiger partial charge in [-0.05, 0) is 93.7 Å². The lowest BCUT2D eigenvalue weighted by atomic mass is 9.95. The van der Waals surface area contributed by atoms with E-state index >= 15 is 0 Å². The lowest BCUT2D eigenvalue weighted by Crippen LogP contribution is -2.41. The maximum absolute atomic E-state index is 13.5. The molecule has 4 aromatic rings. The predicted molar refractivity (Wildman–Crippen MR) is 173 cm³/mol. The molecular weight excluding hydrogens is 555 g/mol. The topological polar surface area (TPSA) is 84.5 Å². The first-order valence-electron chi connectivity index (χ1n) is 16.3. The van der Waals surface area contributed by atoms with Crippen LogP contribution in [0.1, 0.15) is 86.1 Å². The molecule has 0 bridgehead atoms. The van der Waals surface area contributed by atoms with E-state index in [1.807, 2.05) is 54.2 Å². The molecule has 4 heterocycles. The summed E-state index contributed by atoms with van der Waals surface area (Å²) in [6.45, 7) is 8.25. The number of aryl methyl sites for hydroxylation is 2. The summed E-state index contributed by atoms with van der Waals surface area (Å²) in [6, 6.07) is 13.8. The fourth-order valence-electron chi connectivity index (χ4n) is 6.06. The molecule has 3 aromatic heterocycles. The molecule has 1 amide bonds. The van der Waals surface area contributed by atoms with Crippen molar-refractivity contribution in [2.24, 2.45) is 5.92 Å². The molecule has 8 nitrogen and oxygen atoms in total. The van der Waals surface area contributed by atoms with Gasteiger partial charge < -0.3 is 14.8 Å². The van der Waals surface area contributed by atoms with Crippen molar-refractivity contribution in [3.8, 4) is 0 Å². The highest BCUT2D eigenvalue weighted by atomic mass is 19.1. The number of rotatable bonds is 5. The fraction of sp³-hybridized carbons (Fsp3) is 0.486. The van der Waals surface area contributed by atoms with E-state index < -0.39 is 0 Å². The van der Waals surface area contributed by atoms with Gasteiger partial charge in [0.05, 0.1) is 11.9 Å². The standard InChI is InChI=1S/C27H34N6O2.C6H5F.C2H6/c1-18-15-28-24-10-11-25(30-33(18)24)31-13-12-21(17-31)29-26(34)22-14-20-6-4-2-3-5-7-23(20)32(27(22)35)16-19-8-9-19;7-6-4-2-1-3-5-6;1-2/h10-11,14-15,19,21H,2-9,12-13,16-17H2,1H3,(H,29,34);1-5H;1-2H3/t21-;;/m0../s1. The first-order valence-corrected chi connectivity index (χ1v) is 16.3. The number of fused-ring (bicyclic) bond motifs is 2. The van der Waals surface area contributed by atoms with Crippen LogP contribution in [0.4, 0.5) is 10.2 Å². The second kappa shape index (κ2) is 14.6. The minimum atomic E-state index is -0.231. The number of benzene rings is 1. The maximum atomic E-state index is 13.5. The van der Waals surface area contributed by atoms with Crippen LogP contribution in [0.15, 0.2) is 59.5 Å². The number of halogens is 1. The van der Waals surface area contributed by atoms with E-state index in [9.17, 15) is 14.0 Å². The zero-order valence-electron chi connectivity index (χ0n) is 26.3. The molecule has 234 valence electrons. The Kier molecular flexibility index (Phi) is 10.5. The van der Waals surface area contributed by atoms with Crippen molar-refractivity contribution < 1.29 is 9.18 Å². The number of anilines is 1. The Labute approximate surface area is 259 Å². The summed E-state index contributed by atoms with van der Waals surface area (Å²) in [5.74, 6) is 1.06. The molecule has 1 saturated carbocycles. The van der Waals surface area contributed by atoms with Crippen LogP contribution in [0, 0.1) is 18.7 Å². The highest BCUT2D eigenvalue weighted by Crippen LogP contribution is 2.31. The molecule has 9 heteroatoms. The van der Waals surface area contributed by atoms with Crippen molar-refractivity contribution >= 4 is 17.4 Å². The first-order chi connectivity index (χ1) is 21.5. The van der Waals surface area contributed by atoms with E-state index in [0.29, 0.717) is 18.0 Å². The summed E-state index contributed by atoms with van der Waals surface area (Å²) in [5.41, 5.74) is 4.42. The number of nitrogens with zero attached hydrogens (tertiary/aromatic N) is 5. The van der Waals surface area contributed by atoms with Crippen LogP contribution in [0.2, 0.25) is 0 Å². The summed E-state index contributed by atoms with van der Waals surface area (Å²) in [6.07, 6.45) is 11.6. The number of amides is 1. The Morgan fingerprint density at radius 2 is 1.75 bits per heavy atom. The molecule has 1 aliphatic heterocycles. The summed E-state index contributed by atoms with van der Waals surface area (Å²) in [7, 11) is 0. The monoisotopic (exact) mass is 600 g/mol. The second-order valence-electron chi connectivity index (χ2n) is 11.9. The van der Waals surface area contributed by atoms with Gasteiger partial charge in [-0.25, -0.2) is 13.9 Å². The van der Waals surface area contributed by atoms with Gasteiger partial charge in [-0.1, -0.05) is 44.9 Å². The van der Waals surface area contributed by atoms with Gasteiger partial charge in [0.15, 0.2) is 5.65 Å². The Bertz CT molecular complexity index is 1610. The van der Waals surface area contributed by atoms with Crippen LogP contribution in [-0.2, 0) is 19.4 Å². The predicted octanol–water partition coefficient (Wildman–Crippen LogP) is 6.13. The van der Waals surface area contributed by atoms with Crippen molar-refractivity contribution in [2.75, 3.05) is 18.0 Å². The molecule has 2 fully saturated rings. The maximum Gasteiger partial charge on any atom is 0.263 e. The van der Waals surface area contributed by atoms with Crippen LogP contribution in [0.5, 0.6) is 0 Å². The number of hydrogen-bond acceptors (Lipinski definition) is 5. The Balaban J connectivity index is 0.000000373. The molecule has 1 saturated heterocycles. The lowest BCUT2D eigenvalue weighted by molar-refractivity contribution is 0.0938. The molecule has 1 aromatic carbocycles. The molecule has 1 atom stereocenters. The van der Waals surface area contributed by atoms with Crippen LogP contribution < -0.4 is 15.8 Å². The normalized spacial score (nSPS) is 17.8. The third-order valence-electron chi connectivity index (χ3n) is 8.58. The van der Waals surface area contributed by atoms with Crippen molar-refractivity contribution in [3.63, 3.8) is 0 Å². The minimum absolute atomic E-state index is 0.0119. The van der Waals surface area contributed by atoms with E-state index in [0.717, 1.165) is 62.4 Å². The average Bonchev–Trinajstić information content (AvgIpc) is 3.60. The molecule has 3 aliphatic rings. The fourth-order valence-corrected chi connectivity index (χ4v) is 6.06. The average molecular weight is 601 g/mol.